The molecule has 0 aliphatic carbocycles. The van der Waals surface area contributed by atoms with E-state index in [1.807, 2.05) is 0 Å². The Bertz CT molecular complexity index is 286. The van der Waals surface area contributed by atoms with Crippen molar-refractivity contribution in [3.05, 3.63) is 24.3 Å². The molecule has 0 aliphatic rings. The lowest BCUT2D eigenvalue weighted by Gasteiger charge is -2.10. The van der Waals surface area contributed by atoms with Crippen LogP contribution in [0.2, 0.25) is 0 Å². The standard InChI is InChI=1S/C8H7ClF2O2/c1-12-6-3-2-4-7(5-6)13-8(9,10)11/h2-5H,1H3. The average molecular weight is 209 g/mol. The minimum Gasteiger partial charge on any atom is -0.497 e. The van der Waals surface area contributed by atoms with Gasteiger partial charge in [0.2, 0.25) is 0 Å². The van der Waals surface area contributed by atoms with E-state index in [0.29, 0.717) is 5.75 Å². The lowest BCUT2D eigenvalue weighted by Crippen LogP contribution is -2.15. The van der Waals surface area contributed by atoms with Gasteiger partial charge in [0.15, 0.2) is 0 Å². The maximum atomic E-state index is 12.1. The molecule has 0 aliphatic heterocycles. The van der Waals surface area contributed by atoms with E-state index < -0.39 is 5.57 Å². The molecule has 0 N–H and O–H groups in total. The van der Waals surface area contributed by atoms with Gasteiger partial charge in [-0.2, -0.15) is 0 Å². The van der Waals surface area contributed by atoms with Crippen LogP contribution in [-0.2, 0) is 0 Å². The molecule has 0 radical (unpaired) electrons. The highest BCUT2D eigenvalue weighted by Crippen LogP contribution is 2.27. The van der Waals surface area contributed by atoms with Gasteiger partial charge in [0, 0.05) is 17.7 Å². The molecule has 0 atom stereocenters. The number of ether oxygens (including phenoxy) is 2. The quantitative estimate of drug-likeness (QED) is 0.712. The molecule has 13 heavy (non-hydrogen) atoms. The molecule has 0 amide bonds. The van der Waals surface area contributed by atoms with Crippen LogP contribution < -0.4 is 9.47 Å². The normalized spacial score (nSPS) is 11.1. The summed E-state index contributed by atoms with van der Waals surface area (Å²) in [6, 6.07) is 5.81. The van der Waals surface area contributed by atoms with E-state index in [9.17, 15) is 8.78 Å². The van der Waals surface area contributed by atoms with E-state index in [-0.39, 0.29) is 5.75 Å². The topological polar surface area (TPSA) is 18.5 Å². The number of alkyl halides is 3. The predicted molar refractivity (Wildman–Crippen MR) is 44.4 cm³/mol. The molecule has 5 heteroatoms. The van der Waals surface area contributed by atoms with Crippen molar-refractivity contribution in [2.75, 3.05) is 7.11 Å². The summed E-state index contributed by atoms with van der Waals surface area (Å²) in [6.45, 7) is 0. The zero-order valence-electron chi connectivity index (χ0n) is 6.76. The van der Waals surface area contributed by atoms with E-state index in [4.69, 9.17) is 4.74 Å². The van der Waals surface area contributed by atoms with Crippen LogP contribution in [0.1, 0.15) is 0 Å². The fourth-order valence-corrected chi connectivity index (χ4v) is 0.887. The summed E-state index contributed by atoms with van der Waals surface area (Å²) < 4.78 is 33.2. The summed E-state index contributed by atoms with van der Waals surface area (Å²) in [6.07, 6.45) is 0. The van der Waals surface area contributed by atoms with E-state index in [2.05, 4.69) is 16.3 Å². The summed E-state index contributed by atoms with van der Waals surface area (Å²) in [5.41, 5.74) is -3.69. The van der Waals surface area contributed by atoms with E-state index in [1.165, 1.54) is 25.3 Å². The maximum absolute atomic E-state index is 12.1. The first-order valence-electron chi connectivity index (χ1n) is 3.41. The zero-order valence-corrected chi connectivity index (χ0v) is 7.52. The molecular weight excluding hydrogens is 202 g/mol. The van der Waals surface area contributed by atoms with Crippen molar-refractivity contribution in [1.29, 1.82) is 0 Å². The van der Waals surface area contributed by atoms with Crippen molar-refractivity contribution in [2.24, 2.45) is 0 Å². The predicted octanol–water partition coefficient (Wildman–Crippen LogP) is 2.86. The molecule has 0 unspecified atom stereocenters. The van der Waals surface area contributed by atoms with Crippen LogP contribution in [0.4, 0.5) is 8.78 Å². The average Bonchev–Trinajstić information content (AvgIpc) is 2.01. The van der Waals surface area contributed by atoms with Crippen molar-refractivity contribution in [3.8, 4) is 11.5 Å². The van der Waals surface area contributed by atoms with Gasteiger partial charge in [-0.05, 0) is 12.1 Å². The lowest BCUT2D eigenvalue weighted by molar-refractivity contribution is -0.0965. The SMILES string of the molecule is COc1cccc(OC(F)(F)Cl)c1. The first-order chi connectivity index (χ1) is 6.01. The number of rotatable bonds is 3. The van der Waals surface area contributed by atoms with Gasteiger partial charge in [0.05, 0.1) is 7.11 Å². The van der Waals surface area contributed by atoms with Crippen LogP contribution in [0.25, 0.3) is 0 Å². The largest absolute Gasteiger partial charge is 0.497 e. The van der Waals surface area contributed by atoms with Crippen molar-refractivity contribution >= 4 is 11.6 Å². The molecule has 0 fully saturated rings. The van der Waals surface area contributed by atoms with Crippen LogP contribution in [0, 0.1) is 0 Å². The molecule has 0 aromatic heterocycles. The van der Waals surface area contributed by atoms with Crippen LogP contribution >= 0.6 is 11.6 Å². The number of hydrogen-bond donors (Lipinski definition) is 0. The highest BCUT2D eigenvalue weighted by Gasteiger charge is 2.27. The van der Waals surface area contributed by atoms with E-state index in [0.717, 1.165) is 0 Å². The minimum atomic E-state index is -3.69. The Kier molecular flexibility index (Phi) is 2.93. The van der Waals surface area contributed by atoms with Gasteiger partial charge in [-0.25, -0.2) is 0 Å². The number of halogens is 3. The summed E-state index contributed by atoms with van der Waals surface area (Å²) >= 11 is 4.57. The zero-order chi connectivity index (χ0) is 9.90. The molecule has 72 valence electrons. The van der Waals surface area contributed by atoms with Crippen molar-refractivity contribution in [1.82, 2.24) is 0 Å². The summed E-state index contributed by atoms with van der Waals surface area (Å²) in [5.74, 6) is 0.387. The van der Waals surface area contributed by atoms with Crippen LogP contribution in [0.3, 0.4) is 0 Å². The summed E-state index contributed by atoms with van der Waals surface area (Å²) in [5, 5.41) is 0. The molecule has 0 bridgehead atoms. The van der Waals surface area contributed by atoms with Gasteiger partial charge in [0.1, 0.15) is 11.5 Å². The number of benzene rings is 1. The van der Waals surface area contributed by atoms with Gasteiger partial charge in [-0.15, -0.1) is 8.78 Å². The van der Waals surface area contributed by atoms with Gasteiger partial charge < -0.3 is 9.47 Å². The molecule has 1 aromatic rings. The first-order valence-corrected chi connectivity index (χ1v) is 3.79. The van der Waals surface area contributed by atoms with Crippen molar-refractivity contribution in [2.45, 2.75) is 5.57 Å². The molecule has 0 saturated heterocycles. The Labute approximate surface area is 79.0 Å². The third kappa shape index (κ3) is 3.46. The molecule has 1 aromatic carbocycles. The van der Waals surface area contributed by atoms with E-state index >= 15 is 0 Å². The van der Waals surface area contributed by atoms with Gasteiger partial charge in [-0.1, -0.05) is 6.07 Å². The number of hydrogen-bond acceptors (Lipinski definition) is 2. The van der Waals surface area contributed by atoms with Gasteiger partial charge in [-0.3, -0.25) is 0 Å². The second-order valence-corrected chi connectivity index (χ2v) is 2.67. The Morgan fingerprint density at radius 1 is 1.31 bits per heavy atom. The highest BCUT2D eigenvalue weighted by molar-refractivity contribution is 6.20. The van der Waals surface area contributed by atoms with Crippen LogP contribution in [0.5, 0.6) is 11.5 Å². The van der Waals surface area contributed by atoms with Crippen LogP contribution in [0.15, 0.2) is 24.3 Å². The van der Waals surface area contributed by atoms with Crippen molar-refractivity contribution < 1.29 is 18.3 Å². The Hall–Kier alpha value is -1.03. The van der Waals surface area contributed by atoms with E-state index in [1.54, 1.807) is 6.07 Å². The first kappa shape index (κ1) is 10.1. The Morgan fingerprint density at radius 3 is 2.46 bits per heavy atom. The molecule has 0 spiro atoms. The molecular formula is C8H7ClF2O2. The fourth-order valence-electron chi connectivity index (χ4n) is 0.798. The molecule has 1 rings (SSSR count). The molecule has 0 heterocycles. The third-order valence-electron chi connectivity index (χ3n) is 1.27. The number of methoxy groups -OCH3 is 1. The summed E-state index contributed by atoms with van der Waals surface area (Å²) in [4.78, 5) is 0. The van der Waals surface area contributed by atoms with Gasteiger partial charge >= 0.3 is 5.57 Å². The fraction of sp³-hybridized carbons (Fsp3) is 0.250. The van der Waals surface area contributed by atoms with Gasteiger partial charge in [0.25, 0.3) is 0 Å². The van der Waals surface area contributed by atoms with Crippen LogP contribution in [-0.4, -0.2) is 12.7 Å². The van der Waals surface area contributed by atoms with Crippen molar-refractivity contribution in [3.63, 3.8) is 0 Å². The Morgan fingerprint density at radius 2 is 1.92 bits per heavy atom. The minimum absolute atomic E-state index is 0.0423. The summed E-state index contributed by atoms with van der Waals surface area (Å²) in [7, 11) is 1.43. The lowest BCUT2D eigenvalue weighted by atomic mass is 10.3. The maximum Gasteiger partial charge on any atom is 0.487 e. The second kappa shape index (κ2) is 3.79. The molecule has 0 saturated carbocycles. The monoisotopic (exact) mass is 208 g/mol. The molecule has 2 nitrogen and oxygen atoms in total. The highest BCUT2D eigenvalue weighted by atomic mass is 35.5. The third-order valence-corrected chi connectivity index (χ3v) is 1.35. The Balaban J connectivity index is 2.78. The smallest absolute Gasteiger partial charge is 0.487 e. The second-order valence-electron chi connectivity index (χ2n) is 2.23.